The first kappa shape index (κ1) is 15.5. The molecule has 1 rings (SSSR count). The Morgan fingerprint density at radius 3 is 2.79 bits per heavy atom. The molecule has 0 saturated carbocycles. The van der Waals surface area contributed by atoms with E-state index in [1.807, 2.05) is 6.92 Å². The molecule has 0 saturated heterocycles. The van der Waals surface area contributed by atoms with Gasteiger partial charge in [-0.05, 0) is 32.0 Å². The molecule has 0 aromatic heterocycles. The van der Waals surface area contributed by atoms with Gasteiger partial charge in [-0.2, -0.15) is 0 Å². The van der Waals surface area contributed by atoms with Gasteiger partial charge in [0, 0.05) is 40.2 Å². The number of nitrogens with one attached hydrogen (secondary N) is 1. The lowest BCUT2D eigenvalue weighted by molar-refractivity contribution is 0.0527. The smallest absolute Gasteiger partial charge is 0.340 e. The molecule has 19 heavy (non-hydrogen) atoms. The minimum absolute atomic E-state index is 0.0458. The van der Waals surface area contributed by atoms with Crippen molar-refractivity contribution in [2.75, 3.05) is 29.7 Å². The standard InChI is InChI=1S/C13H20N2O3S/c1-4-18-13(16)11-7-10(5-6-12(11)14)15-9(2)8-19(3)17/h5-7,9,15H,4,8,14H2,1-3H3. The SMILES string of the molecule is CCOC(=O)c1cc(NC(C)CS(C)=O)ccc1N. The van der Waals surface area contributed by atoms with E-state index in [0.717, 1.165) is 5.69 Å². The number of benzene rings is 1. The van der Waals surface area contributed by atoms with Crippen LogP contribution >= 0.6 is 0 Å². The number of carbonyl (C=O) groups is 1. The first-order chi connectivity index (χ1) is 8.93. The third kappa shape index (κ3) is 4.90. The van der Waals surface area contributed by atoms with E-state index in [1.165, 1.54) is 0 Å². The van der Waals surface area contributed by atoms with Crippen LogP contribution in [-0.4, -0.2) is 34.8 Å². The topological polar surface area (TPSA) is 81.4 Å². The summed E-state index contributed by atoms with van der Waals surface area (Å²) in [5.74, 6) is 0.106. The van der Waals surface area contributed by atoms with Gasteiger partial charge in [0.1, 0.15) is 0 Å². The highest BCUT2D eigenvalue weighted by Crippen LogP contribution is 2.19. The van der Waals surface area contributed by atoms with E-state index < -0.39 is 16.8 Å². The first-order valence-corrected chi connectivity index (χ1v) is 7.80. The van der Waals surface area contributed by atoms with Gasteiger partial charge in [-0.1, -0.05) is 0 Å². The Kier molecular flexibility index (Phi) is 5.82. The van der Waals surface area contributed by atoms with Crippen molar-refractivity contribution in [3.05, 3.63) is 23.8 Å². The van der Waals surface area contributed by atoms with Crippen LogP contribution < -0.4 is 11.1 Å². The highest BCUT2D eigenvalue weighted by atomic mass is 32.2. The first-order valence-electron chi connectivity index (χ1n) is 6.07. The summed E-state index contributed by atoms with van der Waals surface area (Å²) < 4.78 is 16.1. The fourth-order valence-electron chi connectivity index (χ4n) is 1.71. The molecule has 2 atom stereocenters. The van der Waals surface area contributed by atoms with E-state index in [2.05, 4.69) is 5.32 Å². The van der Waals surface area contributed by atoms with Crippen LogP contribution in [0.25, 0.3) is 0 Å². The highest BCUT2D eigenvalue weighted by Gasteiger charge is 2.12. The number of nitrogen functional groups attached to an aromatic ring is 1. The number of nitrogens with two attached hydrogens (primary N) is 1. The van der Waals surface area contributed by atoms with Gasteiger partial charge in [0.25, 0.3) is 0 Å². The maximum absolute atomic E-state index is 11.7. The molecule has 0 radical (unpaired) electrons. The molecule has 0 bridgehead atoms. The van der Waals surface area contributed by atoms with E-state index in [-0.39, 0.29) is 6.04 Å². The zero-order valence-electron chi connectivity index (χ0n) is 11.4. The third-order valence-electron chi connectivity index (χ3n) is 2.45. The average molecular weight is 284 g/mol. The second-order valence-electron chi connectivity index (χ2n) is 4.31. The molecular weight excluding hydrogens is 264 g/mol. The van der Waals surface area contributed by atoms with E-state index in [1.54, 1.807) is 31.4 Å². The van der Waals surface area contributed by atoms with Crippen LogP contribution in [0, 0.1) is 0 Å². The van der Waals surface area contributed by atoms with Crippen LogP contribution in [0.3, 0.4) is 0 Å². The summed E-state index contributed by atoms with van der Waals surface area (Å²) in [7, 11) is -0.870. The molecular formula is C13H20N2O3S. The van der Waals surface area contributed by atoms with Gasteiger partial charge in [0.15, 0.2) is 0 Å². The van der Waals surface area contributed by atoms with E-state index in [4.69, 9.17) is 10.5 Å². The summed E-state index contributed by atoms with van der Waals surface area (Å²) in [6.07, 6.45) is 1.66. The van der Waals surface area contributed by atoms with Crippen molar-refractivity contribution >= 4 is 28.1 Å². The minimum atomic E-state index is -0.870. The monoisotopic (exact) mass is 284 g/mol. The maximum atomic E-state index is 11.7. The Balaban J connectivity index is 2.84. The Hall–Kier alpha value is -1.56. The van der Waals surface area contributed by atoms with E-state index >= 15 is 0 Å². The second-order valence-corrected chi connectivity index (χ2v) is 5.79. The fraction of sp³-hybridized carbons (Fsp3) is 0.462. The molecule has 6 heteroatoms. The Morgan fingerprint density at radius 1 is 1.53 bits per heavy atom. The second kappa shape index (κ2) is 7.13. The predicted molar refractivity (Wildman–Crippen MR) is 78.8 cm³/mol. The van der Waals surface area contributed by atoms with Gasteiger partial charge in [0.05, 0.1) is 12.2 Å². The number of esters is 1. The highest BCUT2D eigenvalue weighted by molar-refractivity contribution is 7.84. The normalized spacial score (nSPS) is 13.6. The van der Waals surface area contributed by atoms with Gasteiger partial charge < -0.3 is 15.8 Å². The van der Waals surface area contributed by atoms with Crippen LogP contribution in [0.4, 0.5) is 11.4 Å². The van der Waals surface area contributed by atoms with Crippen molar-refractivity contribution in [1.82, 2.24) is 0 Å². The molecule has 3 N–H and O–H groups in total. The Labute approximate surface area is 116 Å². The molecule has 0 heterocycles. The van der Waals surface area contributed by atoms with Crippen LogP contribution in [0.2, 0.25) is 0 Å². The third-order valence-corrected chi connectivity index (χ3v) is 3.42. The molecule has 106 valence electrons. The van der Waals surface area contributed by atoms with Crippen molar-refractivity contribution in [2.45, 2.75) is 19.9 Å². The summed E-state index contributed by atoms with van der Waals surface area (Å²) in [5.41, 5.74) is 7.24. The van der Waals surface area contributed by atoms with Crippen LogP contribution in [0.1, 0.15) is 24.2 Å². The molecule has 1 aromatic carbocycles. The number of hydrogen-bond acceptors (Lipinski definition) is 5. The van der Waals surface area contributed by atoms with Gasteiger partial charge in [-0.25, -0.2) is 4.79 Å². The summed E-state index contributed by atoms with van der Waals surface area (Å²) in [6, 6.07) is 5.14. The molecule has 0 fully saturated rings. The zero-order valence-corrected chi connectivity index (χ0v) is 12.3. The van der Waals surface area contributed by atoms with Crippen LogP contribution in [0.15, 0.2) is 18.2 Å². The largest absolute Gasteiger partial charge is 0.462 e. The van der Waals surface area contributed by atoms with Crippen molar-refractivity contribution in [3.63, 3.8) is 0 Å². The zero-order chi connectivity index (χ0) is 14.4. The van der Waals surface area contributed by atoms with E-state index in [0.29, 0.717) is 23.6 Å². The van der Waals surface area contributed by atoms with Crippen LogP contribution in [0.5, 0.6) is 0 Å². The summed E-state index contributed by atoms with van der Waals surface area (Å²) in [4.78, 5) is 11.7. The Morgan fingerprint density at radius 2 is 2.21 bits per heavy atom. The number of anilines is 2. The predicted octanol–water partition coefficient (Wildman–Crippen LogP) is 1.62. The van der Waals surface area contributed by atoms with Gasteiger partial charge in [0.2, 0.25) is 0 Å². The molecule has 0 spiro atoms. The van der Waals surface area contributed by atoms with Gasteiger partial charge in [-0.15, -0.1) is 0 Å². The quantitative estimate of drug-likeness (QED) is 0.613. The number of rotatable bonds is 6. The Bertz CT molecular complexity index is 477. The van der Waals surface area contributed by atoms with Crippen molar-refractivity contribution in [1.29, 1.82) is 0 Å². The lowest BCUT2D eigenvalue weighted by Gasteiger charge is -2.15. The molecule has 5 nitrogen and oxygen atoms in total. The molecule has 0 aliphatic rings. The van der Waals surface area contributed by atoms with Crippen molar-refractivity contribution in [2.24, 2.45) is 0 Å². The summed E-state index contributed by atoms with van der Waals surface area (Å²) >= 11 is 0. The summed E-state index contributed by atoms with van der Waals surface area (Å²) in [6.45, 7) is 3.98. The minimum Gasteiger partial charge on any atom is -0.462 e. The molecule has 0 aliphatic carbocycles. The lowest BCUT2D eigenvalue weighted by Crippen LogP contribution is -2.22. The van der Waals surface area contributed by atoms with Crippen LogP contribution in [-0.2, 0) is 15.5 Å². The molecule has 0 amide bonds. The number of carbonyl (C=O) groups excluding carboxylic acids is 1. The maximum Gasteiger partial charge on any atom is 0.340 e. The molecule has 2 unspecified atom stereocenters. The fourth-order valence-corrected chi connectivity index (χ4v) is 2.50. The van der Waals surface area contributed by atoms with Crippen molar-refractivity contribution in [3.8, 4) is 0 Å². The van der Waals surface area contributed by atoms with Crippen molar-refractivity contribution < 1.29 is 13.7 Å². The average Bonchev–Trinajstić information content (AvgIpc) is 2.30. The van der Waals surface area contributed by atoms with Gasteiger partial charge >= 0.3 is 5.97 Å². The van der Waals surface area contributed by atoms with E-state index in [9.17, 15) is 9.00 Å². The molecule has 0 aliphatic heterocycles. The summed E-state index contributed by atoms with van der Waals surface area (Å²) in [5, 5.41) is 3.18. The lowest BCUT2D eigenvalue weighted by atomic mass is 10.1. The number of ether oxygens (including phenoxy) is 1. The van der Waals surface area contributed by atoms with Gasteiger partial charge in [-0.3, -0.25) is 4.21 Å². The number of hydrogen-bond donors (Lipinski definition) is 2. The molecule has 1 aromatic rings.